The van der Waals surface area contributed by atoms with E-state index in [1.165, 1.54) is 13.1 Å². The van der Waals surface area contributed by atoms with Crippen LogP contribution >= 0.6 is 0 Å². The summed E-state index contributed by atoms with van der Waals surface area (Å²) in [5.41, 5.74) is 1.26. The first-order valence-electron chi connectivity index (χ1n) is 7.76. The molecule has 9 nitrogen and oxygen atoms in total. The molecule has 0 spiro atoms. The van der Waals surface area contributed by atoms with Crippen molar-refractivity contribution in [2.45, 2.75) is 19.9 Å². The first-order chi connectivity index (χ1) is 12.2. The molecular formula is C17H21N3O6. The highest BCUT2D eigenvalue weighted by Crippen LogP contribution is 2.04. The highest BCUT2D eigenvalue weighted by molar-refractivity contribution is 6.27. The van der Waals surface area contributed by atoms with Crippen LogP contribution in [0.1, 0.15) is 12.1 Å². The lowest BCUT2D eigenvalue weighted by atomic mass is 10.3. The van der Waals surface area contributed by atoms with Crippen LogP contribution in [-0.4, -0.2) is 37.8 Å². The monoisotopic (exact) mass is 363 g/mol. The number of anilines is 1. The van der Waals surface area contributed by atoms with Gasteiger partial charge in [0, 0.05) is 37.6 Å². The molecule has 9 heteroatoms. The average molecular weight is 363 g/mol. The van der Waals surface area contributed by atoms with Gasteiger partial charge < -0.3 is 15.5 Å². The van der Waals surface area contributed by atoms with Crippen molar-refractivity contribution >= 4 is 17.6 Å². The van der Waals surface area contributed by atoms with E-state index in [1.54, 1.807) is 11.5 Å². The van der Waals surface area contributed by atoms with E-state index >= 15 is 0 Å². The number of hydrogen-bond donors (Lipinski definition) is 3. The number of aryl methyl sites for hydroxylation is 1. The summed E-state index contributed by atoms with van der Waals surface area (Å²) in [6, 6.07) is 11.4. The second-order valence-electron chi connectivity index (χ2n) is 5.37. The minimum atomic E-state index is -1.82. The Morgan fingerprint density at radius 2 is 1.65 bits per heavy atom. The van der Waals surface area contributed by atoms with Crippen LogP contribution < -0.4 is 16.6 Å². The molecule has 0 amide bonds. The lowest BCUT2D eigenvalue weighted by Gasteiger charge is -2.11. The van der Waals surface area contributed by atoms with Crippen LogP contribution in [0.3, 0.4) is 0 Å². The van der Waals surface area contributed by atoms with Crippen molar-refractivity contribution in [1.29, 1.82) is 0 Å². The predicted molar refractivity (Wildman–Crippen MR) is 95.5 cm³/mol. The van der Waals surface area contributed by atoms with Gasteiger partial charge in [-0.2, -0.15) is 0 Å². The van der Waals surface area contributed by atoms with E-state index in [1.807, 2.05) is 30.3 Å². The van der Waals surface area contributed by atoms with Gasteiger partial charge in [0.25, 0.3) is 5.56 Å². The van der Waals surface area contributed by atoms with Crippen LogP contribution in [0.2, 0.25) is 0 Å². The Bertz CT molecular complexity index is 858. The predicted octanol–water partition coefficient (Wildman–Crippen LogP) is 0.513. The number of benzene rings is 1. The molecule has 0 atom stereocenters. The summed E-state index contributed by atoms with van der Waals surface area (Å²) in [4.78, 5) is 41.6. The van der Waals surface area contributed by atoms with Gasteiger partial charge in [0.05, 0.1) is 0 Å². The SMILES string of the molecule is Cc1cc(=O)n(C)c(=O)n1CCCNc1ccccc1.O=C(O)C(=O)O. The molecule has 1 aromatic carbocycles. The van der Waals surface area contributed by atoms with Gasteiger partial charge in [-0.25, -0.2) is 14.4 Å². The second kappa shape index (κ2) is 9.82. The van der Waals surface area contributed by atoms with Gasteiger partial charge >= 0.3 is 17.6 Å². The van der Waals surface area contributed by atoms with Crippen molar-refractivity contribution in [2.75, 3.05) is 11.9 Å². The summed E-state index contributed by atoms with van der Waals surface area (Å²) < 4.78 is 2.77. The van der Waals surface area contributed by atoms with Crippen molar-refractivity contribution in [3.05, 3.63) is 62.9 Å². The normalized spacial score (nSPS) is 9.77. The van der Waals surface area contributed by atoms with Gasteiger partial charge in [0.2, 0.25) is 0 Å². The summed E-state index contributed by atoms with van der Waals surface area (Å²) in [6.45, 7) is 3.16. The van der Waals surface area contributed by atoms with E-state index in [9.17, 15) is 9.59 Å². The number of aromatic nitrogens is 2. The molecule has 0 aliphatic heterocycles. The van der Waals surface area contributed by atoms with E-state index in [4.69, 9.17) is 19.8 Å². The lowest BCUT2D eigenvalue weighted by molar-refractivity contribution is -0.159. The molecule has 2 rings (SSSR count). The number of carboxylic acids is 2. The fourth-order valence-electron chi connectivity index (χ4n) is 2.08. The third-order valence-corrected chi connectivity index (χ3v) is 3.45. The van der Waals surface area contributed by atoms with Crippen molar-refractivity contribution in [2.24, 2.45) is 7.05 Å². The Hall–Kier alpha value is -3.36. The second-order valence-corrected chi connectivity index (χ2v) is 5.37. The first-order valence-corrected chi connectivity index (χ1v) is 7.76. The van der Waals surface area contributed by atoms with E-state index in [2.05, 4.69) is 5.32 Å². The number of carboxylic acid groups (broad SMARTS) is 2. The van der Waals surface area contributed by atoms with E-state index in [-0.39, 0.29) is 11.2 Å². The number of carbonyl (C=O) groups is 2. The van der Waals surface area contributed by atoms with Crippen molar-refractivity contribution < 1.29 is 19.8 Å². The summed E-state index contributed by atoms with van der Waals surface area (Å²) in [6.07, 6.45) is 0.813. The summed E-state index contributed by atoms with van der Waals surface area (Å²) >= 11 is 0. The summed E-state index contributed by atoms with van der Waals surface area (Å²) in [5, 5.41) is 18.1. The lowest BCUT2D eigenvalue weighted by Crippen LogP contribution is -2.38. The summed E-state index contributed by atoms with van der Waals surface area (Å²) in [5.74, 6) is -3.65. The smallest absolute Gasteiger partial charge is 0.414 e. The van der Waals surface area contributed by atoms with Gasteiger partial charge in [-0.3, -0.25) is 13.9 Å². The van der Waals surface area contributed by atoms with Gasteiger partial charge in [-0.1, -0.05) is 18.2 Å². The molecule has 1 heterocycles. The number of nitrogens with one attached hydrogen (secondary N) is 1. The Morgan fingerprint density at radius 1 is 1.08 bits per heavy atom. The Balaban J connectivity index is 0.000000487. The zero-order valence-electron chi connectivity index (χ0n) is 14.5. The number of nitrogens with zero attached hydrogens (tertiary/aromatic N) is 2. The topological polar surface area (TPSA) is 131 Å². The van der Waals surface area contributed by atoms with Crippen LogP contribution in [0.15, 0.2) is 46.0 Å². The van der Waals surface area contributed by atoms with E-state index in [0.29, 0.717) is 12.2 Å². The molecule has 26 heavy (non-hydrogen) atoms. The zero-order chi connectivity index (χ0) is 19.7. The van der Waals surface area contributed by atoms with Crippen LogP contribution in [0.25, 0.3) is 0 Å². The van der Waals surface area contributed by atoms with E-state index in [0.717, 1.165) is 23.2 Å². The number of rotatable bonds is 5. The van der Waals surface area contributed by atoms with Crippen LogP contribution in [0, 0.1) is 6.92 Å². The van der Waals surface area contributed by atoms with Crippen LogP contribution in [-0.2, 0) is 23.2 Å². The van der Waals surface area contributed by atoms with Gasteiger partial charge in [0.1, 0.15) is 0 Å². The minimum Gasteiger partial charge on any atom is -0.473 e. The molecule has 0 aliphatic rings. The zero-order valence-corrected chi connectivity index (χ0v) is 14.5. The van der Waals surface area contributed by atoms with Crippen LogP contribution in [0.4, 0.5) is 5.69 Å². The van der Waals surface area contributed by atoms with Crippen LogP contribution in [0.5, 0.6) is 0 Å². The van der Waals surface area contributed by atoms with Crippen molar-refractivity contribution in [3.8, 4) is 0 Å². The van der Waals surface area contributed by atoms with Gasteiger partial charge in [-0.05, 0) is 25.5 Å². The molecule has 0 fully saturated rings. The molecule has 0 saturated heterocycles. The molecule has 0 aliphatic carbocycles. The maximum absolute atomic E-state index is 12.0. The molecule has 0 saturated carbocycles. The van der Waals surface area contributed by atoms with Gasteiger partial charge in [-0.15, -0.1) is 0 Å². The summed E-state index contributed by atoms with van der Waals surface area (Å²) in [7, 11) is 1.50. The Morgan fingerprint density at radius 3 is 2.19 bits per heavy atom. The molecule has 0 unspecified atom stereocenters. The third kappa shape index (κ3) is 6.27. The fraction of sp³-hybridized carbons (Fsp3) is 0.294. The van der Waals surface area contributed by atoms with Crippen molar-refractivity contribution in [3.63, 3.8) is 0 Å². The molecular weight excluding hydrogens is 342 g/mol. The highest BCUT2D eigenvalue weighted by atomic mass is 16.4. The molecule has 2 aromatic rings. The molecule has 1 aromatic heterocycles. The minimum absolute atomic E-state index is 0.255. The largest absolute Gasteiger partial charge is 0.473 e. The van der Waals surface area contributed by atoms with Crippen molar-refractivity contribution in [1.82, 2.24) is 9.13 Å². The molecule has 3 N–H and O–H groups in total. The van der Waals surface area contributed by atoms with E-state index < -0.39 is 11.9 Å². The number of hydrogen-bond acceptors (Lipinski definition) is 5. The quantitative estimate of drug-likeness (QED) is 0.521. The maximum Gasteiger partial charge on any atom is 0.414 e. The average Bonchev–Trinajstić information content (AvgIpc) is 2.60. The van der Waals surface area contributed by atoms with Gasteiger partial charge in [0.15, 0.2) is 0 Å². The Labute approximate surface area is 149 Å². The third-order valence-electron chi connectivity index (χ3n) is 3.45. The number of para-hydroxylation sites is 1. The number of aliphatic carboxylic acids is 2. The molecule has 0 bridgehead atoms. The first kappa shape index (κ1) is 20.7. The highest BCUT2D eigenvalue weighted by Gasteiger charge is 2.05. The molecule has 140 valence electrons. The maximum atomic E-state index is 12.0. The molecule has 0 radical (unpaired) electrons. The standard InChI is InChI=1S/C15H19N3O2.C2H2O4/c1-12-11-14(19)17(2)15(20)18(12)10-6-9-16-13-7-4-3-5-8-13;3-1(4)2(5)6/h3-5,7-8,11,16H,6,9-10H2,1-2H3;(H,3,4)(H,5,6). The Kier molecular flexibility index (Phi) is 7.81. The fourth-order valence-corrected chi connectivity index (χ4v) is 2.08.